The summed E-state index contributed by atoms with van der Waals surface area (Å²) in [5.74, 6) is 0.707. The first-order chi connectivity index (χ1) is 12.6. The molecule has 0 spiro atoms. The molecule has 0 amide bonds. The lowest BCUT2D eigenvalue weighted by atomic mass is 10.0. The van der Waals surface area contributed by atoms with Gasteiger partial charge in [0.2, 0.25) is 0 Å². The van der Waals surface area contributed by atoms with Gasteiger partial charge >= 0.3 is 0 Å². The average molecular weight is 364 g/mol. The van der Waals surface area contributed by atoms with Crippen LogP contribution in [0.25, 0.3) is 27.3 Å². The number of hydrogen-bond donors (Lipinski definition) is 1. The Morgan fingerprint density at radius 2 is 2.00 bits per heavy atom. The monoisotopic (exact) mass is 364 g/mol. The first kappa shape index (κ1) is 15.7. The van der Waals surface area contributed by atoms with Gasteiger partial charge in [0.25, 0.3) is 0 Å². The predicted molar refractivity (Wildman–Crippen MR) is 105 cm³/mol. The van der Waals surface area contributed by atoms with E-state index < -0.39 is 0 Å². The summed E-state index contributed by atoms with van der Waals surface area (Å²) in [4.78, 5) is 14.5. The minimum atomic E-state index is 0.562. The van der Waals surface area contributed by atoms with Gasteiger partial charge in [0.1, 0.15) is 11.2 Å². The van der Waals surface area contributed by atoms with Crippen molar-refractivity contribution in [3.63, 3.8) is 0 Å². The molecule has 26 heavy (non-hydrogen) atoms. The SMILES string of the molecule is CC(C)N1CCc2c(sc3ncn4nc(-c5ccc(N)cc5)nc4c23)C1. The van der Waals surface area contributed by atoms with Gasteiger partial charge in [-0.2, -0.15) is 0 Å². The number of rotatable bonds is 2. The lowest BCUT2D eigenvalue weighted by Gasteiger charge is -2.30. The molecule has 0 aliphatic carbocycles. The molecule has 5 rings (SSSR count). The van der Waals surface area contributed by atoms with Crippen LogP contribution in [0.2, 0.25) is 0 Å². The highest BCUT2D eigenvalue weighted by Crippen LogP contribution is 2.36. The molecule has 6 nitrogen and oxygen atoms in total. The van der Waals surface area contributed by atoms with Gasteiger partial charge in [-0.05, 0) is 50.1 Å². The van der Waals surface area contributed by atoms with E-state index in [1.807, 2.05) is 24.3 Å². The van der Waals surface area contributed by atoms with Crippen LogP contribution in [0.4, 0.5) is 5.69 Å². The normalized spacial score (nSPS) is 15.2. The average Bonchev–Trinajstić information content (AvgIpc) is 3.22. The Balaban J connectivity index is 1.67. The number of thiophene rings is 1. The first-order valence-electron chi connectivity index (χ1n) is 8.86. The molecule has 0 radical (unpaired) electrons. The number of nitrogens with zero attached hydrogens (tertiary/aromatic N) is 5. The third-order valence-corrected chi connectivity index (χ3v) is 6.23. The molecule has 0 saturated carbocycles. The van der Waals surface area contributed by atoms with E-state index in [-0.39, 0.29) is 0 Å². The minimum Gasteiger partial charge on any atom is -0.399 e. The quantitative estimate of drug-likeness (QED) is 0.552. The van der Waals surface area contributed by atoms with Crippen LogP contribution < -0.4 is 5.73 Å². The van der Waals surface area contributed by atoms with E-state index >= 15 is 0 Å². The molecular weight excluding hydrogens is 344 g/mol. The second-order valence-corrected chi connectivity index (χ2v) is 8.15. The molecule has 0 atom stereocenters. The summed E-state index contributed by atoms with van der Waals surface area (Å²) in [6.45, 7) is 6.59. The predicted octanol–water partition coefficient (Wildman–Crippen LogP) is 3.35. The highest BCUT2D eigenvalue weighted by molar-refractivity contribution is 7.19. The first-order valence-corrected chi connectivity index (χ1v) is 9.67. The standard InChI is InChI=1S/C19H20N6S/c1-11(2)24-8-7-14-15(9-24)26-19-16(14)18-22-17(23-25(18)10-21-19)12-3-5-13(20)6-4-12/h3-6,10-11H,7-9,20H2,1-2H3. The van der Waals surface area contributed by atoms with E-state index in [1.54, 1.807) is 22.2 Å². The van der Waals surface area contributed by atoms with Gasteiger partial charge in [-0.15, -0.1) is 16.4 Å². The zero-order valence-corrected chi connectivity index (χ0v) is 15.6. The Bertz CT molecular complexity index is 1110. The molecule has 1 aliphatic rings. The van der Waals surface area contributed by atoms with Crippen molar-refractivity contribution in [2.75, 3.05) is 12.3 Å². The highest BCUT2D eigenvalue weighted by atomic mass is 32.1. The fourth-order valence-electron chi connectivity index (χ4n) is 3.61. The van der Waals surface area contributed by atoms with Crippen molar-refractivity contribution >= 4 is 32.9 Å². The lowest BCUT2D eigenvalue weighted by Crippen LogP contribution is -2.35. The number of anilines is 1. The summed E-state index contributed by atoms with van der Waals surface area (Å²) in [7, 11) is 0. The summed E-state index contributed by atoms with van der Waals surface area (Å²) < 4.78 is 1.80. The largest absolute Gasteiger partial charge is 0.399 e. The minimum absolute atomic E-state index is 0.562. The molecular formula is C19H20N6S. The molecule has 4 aromatic rings. The fraction of sp³-hybridized carbons (Fsp3) is 0.316. The number of aromatic nitrogens is 4. The second kappa shape index (κ2) is 5.75. The van der Waals surface area contributed by atoms with E-state index in [1.165, 1.54) is 15.8 Å². The Kier molecular flexibility index (Phi) is 3.48. The molecule has 7 heteroatoms. The molecule has 1 aliphatic heterocycles. The van der Waals surface area contributed by atoms with Crippen molar-refractivity contribution in [3.05, 3.63) is 41.0 Å². The van der Waals surface area contributed by atoms with Crippen LogP contribution in [0.1, 0.15) is 24.3 Å². The maximum atomic E-state index is 5.79. The third-order valence-electron chi connectivity index (χ3n) is 5.11. The van der Waals surface area contributed by atoms with Gasteiger partial charge < -0.3 is 5.73 Å². The number of hydrogen-bond acceptors (Lipinski definition) is 6. The van der Waals surface area contributed by atoms with Gasteiger partial charge in [-0.3, -0.25) is 4.90 Å². The number of nitrogen functional groups attached to an aromatic ring is 1. The summed E-state index contributed by atoms with van der Waals surface area (Å²) >= 11 is 1.79. The molecule has 0 fully saturated rings. The molecule has 0 unspecified atom stereocenters. The van der Waals surface area contributed by atoms with Crippen molar-refractivity contribution in [1.82, 2.24) is 24.5 Å². The maximum absolute atomic E-state index is 5.79. The van der Waals surface area contributed by atoms with Gasteiger partial charge in [-0.25, -0.2) is 14.5 Å². The van der Waals surface area contributed by atoms with E-state index in [2.05, 4.69) is 28.8 Å². The topological polar surface area (TPSA) is 72.3 Å². The van der Waals surface area contributed by atoms with Crippen molar-refractivity contribution in [2.24, 2.45) is 0 Å². The van der Waals surface area contributed by atoms with E-state index in [4.69, 9.17) is 10.7 Å². The fourth-order valence-corrected chi connectivity index (χ4v) is 4.81. The Hall–Kier alpha value is -2.51. The molecule has 2 N–H and O–H groups in total. The van der Waals surface area contributed by atoms with Gasteiger partial charge in [0.05, 0.1) is 5.39 Å². The molecule has 132 valence electrons. The van der Waals surface area contributed by atoms with Crippen molar-refractivity contribution in [2.45, 2.75) is 32.9 Å². The smallest absolute Gasteiger partial charge is 0.182 e. The second-order valence-electron chi connectivity index (χ2n) is 7.07. The van der Waals surface area contributed by atoms with Crippen molar-refractivity contribution < 1.29 is 0 Å². The summed E-state index contributed by atoms with van der Waals surface area (Å²) in [5.41, 5.74) is 9.79. The molecule has 0 bridgehead atoms. The zero-order chi connectivity index (χ0) is 17.8. The van der Waals surface area contributed by atoms with Crippen LogP contribution >= 0.6 is 11.3 Å². The molecule has 3 aromatic heterocycles. The van der Waals surface area contributed by atoms with Crippen LogP contribution in [0.3, 0.4) is 0 Å². The zero-order valence-electron chi connectivity index (χ0n) is 14.8. The summed E-state index contributed by atoms with van der Waals surface area (Å²) in [6.07, 6.45) is 2.81. The van der Waals surface area contributed by atoms with Crippen LogP contribution in [0, 0.1) is 0 Å². The van der Waals surface area contributed by atoms with Crippen LogP contribution in [-0.4, -0.2) is 37.1 Å². The van der Waals surface area contributed by atoms with Gasteiger partial charge in [-0.1, -0.05) is 0 Å². The Morgan fingerprint density at radius 1 is 1.19 bits per heavy atom. The van der Waals surface area contributed by atoms with E-state index in [0.717, 1.165) is 41.2 Å². The molecule has 1 aromatic carbocycles. The Morgan fingerprint density at radius 3 is 2.77 bits per heavy atom. The van der Waals surface area contributed by atoms with Crippen molar-refractivity contribution in [3.8, 4) is 11.4 Å². The van der Waals surface area contributed by atoms with E-state index in [0.29, 0.717) is 11.9 Å². The number of fused-ring (bicyclic) bond motifs is 5. The number of nitrogens with two attached hydrogens (primary N) is 1. The van der Waals surface area contributed by atoms with Crippen LogP contribution in [-0.2, 0) is 13.0 Å². The van der Waals surface area contributed by atoms with Gasteiger partial charge in [0, 0.05) is 35.3 Å². The molecule has 0 saturated heterocycles. The van der Waals surface area contributed by atoms with Crippen LogP contribution in [0.15, 0.2) is 30.6 Å². The summed E-state index contributed by atoms with van der Waals surface area (Å²) in [5, 5.41) is 5.80. The van der Waals surface area contributed by atoms with E-state index in [9.17, 15) is 0 Å². The molecule has 4 heterocycles. The third kappa shape index (κ3) is 2.39. The van der Waals surface area contributed by atoms with Crippen LogP contribution in [0.5, 0.6) is 0 Å². The van der Waals surface area contributed by atoms with Gasteiger partial charge in [0.15, 0.2) is 11.5 Å². The highest BCUT2D eigenvalue weighted by Gasteiger charge is 2.25. The Labute approximate surface area is 155 Å². The summed E-state index contributed by atoms with van der Waals surface area (Å²) in [6, 6.07) is 8.23. The number of benzene rings is 1. The van der Waals surface area contributed by atoms with Crippen molar-refractivity contribution in [1.29, 1.82) is 0 Å². The lowest BCUT2D eigenvalue weighted by molar-refractivity contribution is 0.206. The maximum Gasteiger partial charge on any atom is 0.182 e.